The lowest BCUT2D eigenvalue weighted by Crippen LogP contribution is -2.44. The first-order chi connectivity index (χ1) is 14.1. The molecule has 0 aromatic heterocycles. The zero-order valence-corrected chi connectivity index (χ0v) is 19.8. The molecule has 0 aliphatic heterocycles. The normalized spacial score (nSPS) is 11.7. The van der Waals surface area contributed by atoms with Gasteiger partial charge in [-0.3, -0.25) is 4.48 Å². The van der Waals surface area contributed by atoms with Crippen molar-refractivity contribution in [3.63, 3.8) is 0 Å². The van der Waals surface area contributed by atoms with Crippen molar-refractivity contribution in [3.05, 3.63) is 35.9 Å². The first kappa shape index (κ1) is 25.9. The van der Waals surface area contributed by atoms with Crippen LogP contribution in [0, 0.1) is 0 Å². The molecule has 1 aromatic carbocycles. The van der Waals surface area contributed by atoms with Crippen LogP contribution < -0.4 is 0 Å². The first-order valence-electron chi connectivity index (χ1n) is 12.5. The highest BCUT2D eigenvalue weighted by molar-refractivity contribution is 5.68. The number of benzene rings is 1. The van der Waals surface area contributed by atoms with Gasteiger partial charge in [0.25, 0.3) is 0 Å². The highest BCUT2D eigenvalue weighted by Gasteiger charge is 2.25. The molecule has 2 heteroatoms. The molecule has 0 bridgehead atoms. The molecule has 0 aliphatic carbocycles. The smallest absolute Gasteiger partial charge is 0.262 e. The summed E-state index contributed by atoms with van der Waals surface area (Å²) in [5, 5.41) is 0. The van der Waals surface area contributed by atoms with E-state index in [-0.39, 0.29) is 0 Å². The van der Waals surface area contributed by atoms with E-state index < -0.39 is 0 Å². The molecule has 0 atom stereocenters. The van der Waals surface area contributed by atoms with E-state index in [1.807, 2.05) is 20.2 Å². The minimum absolute atomic E-state index is 0.364. The second-order valence-corrected chi connectivity index (χ2v) is 9.42. The number of quaternary nitrogens is 1. The van der Waals surface area contributed by atoms with Gasteiger partial charge in [0.15, 0.2) is 0 Å². The molecule has 0 heterocycles. The van der Waals surface area contributed by atoms with Crippen molar-refractivity contribution in [2.45, 2.75) is 116 Å². The minimum Gasteiger partial charge on any atom is -0.262 e. The van der Waals surface area contributed by atoms with Crippen LogP contribution in [0.25, 0.3) is 0 Å². The van der Waals surface area contributed by atoms with Gasteiger partial charge in [0.1, 0.15) is 6.54 Å². The Morgan fingerprint density at radius 1 is 0.655 bits per heavy atom. The van der Waals surface area contributed by atoms with E-state index >= 15 is 0 Å². The fourth-order valence-corrected chi connectivity index (χ4v) is 4.08. The van der Waals surface area contributed by atoms with Crippen molar-refractivity contribution in [1.29, 1.82) is 0 Å². The van der Waals surface area contributed by atoms with Crippen LogP contribution in [0.1, 0.15) is 115 Å². The number of carbonyl (C=O) groups excluding carboxylic acids is 1. The number of hydrogen-bond acceptors (Lipinski definition) is 1. The Morgan fingerprint density at radius 2 is 1.07 bits per heavy atom. The number of nitrogens with zero attached hydrogens (tertiary/aromatic N) is 1. The molecule has 166 valence electrons. The molecule has 0 radical (unpaired) electrons. The lowest BCUT2D eigenvalue weighted by molar-refractivity contribution is -0.828. The second-order valence-electron chi connectivity index (χ2n) is 9.42. The Bertz CT molecular complexity index is 509. The molecule has 29 heavy (non-hydrogen) atoms. The van der Waals surface area contributed by atoms with Crippen molar-refractivity contribution in [2.24, 2.45) is 0 Å². The first-order valence-corrected chi connectivity index (χ1v) is 12.5. The zero-order valence-electron chi connectivity index (χ0n) is 19.8. The maximum atomic E-state index is 12.6. The lowest BCUT2D eigenvalue weighted by atomic mass is 10.0. The Hall–Kier alpha value is -1.15. The predicted molar refractivity (Wildman–Crippen MR) is 127 cm³/mol. The minimum atomic E-state index is 0.364. The van der Waals surface area contributed by atoms with Crippen molar-refractivity contribution >= 4 is 5.91 Å². The van der Waals surface area contributed by atoms with Crippen LogP contribution in [0.4, 0.5) is 0 Å². The van der Waals surface area contributed by atoms with Crippen molar-refractivity contribution < 1.29 is 9.28 Å². The molecule has 0 N–H and O–H groups in total. The second kappa shape index (κ2) is 16.6. The van der Waals surface area contributed by atoms with Crippen molar-refractivity contribution in [2.75, 3.05) is 14.1 Å². The summed E-state index contributed by atoms with van der Waals surface area (Å²) in [6, 6.07) is 10.4. The maximum absolute atomic E-state index is 12.6. The van der Waals surface area contributed by atoms with E-state index in [4.69, 9.17) is 0 Å². The molecule has 0 aliphatic rings. The van der Waals surface area contributed by atoms with Crippen LogP contribution in [-0.2, 0) is 11.3 Å². The van der Waals surface area contributed by atoms with E-state index in [0.717, 1.165) is 19.4 Å². The van der Waals surface area contributed by atoms with Crippen LogP contribution in [-0.4, -0.2) is 24.5 Å². The average Bonchev–Trinajstić information content (AvgIpc) is 2.71. The quantitative estimate of drug-likeness (QED) is 0.179. The molecule has 0 spiro atoms. The van der Waals surface area contributed by atoms with E-state index in [1.165, 1.54) is 95.5 Å². The Balaban J connectivity index is 1.92. The summed E-state index contributed by atoms with van der Waals surface area (Å²) in [4.78, 5) is 12.6. The van der Waals surface area contributed by atoms with Crippen LogP contribution in [0.3, 0.4) is 0 Å². The van der Waals surface area contributed by atoms with Gasteiger partial charge in [-0.1, -0.05) is 127 Å². The molecule has 2 nitrogen and oxygen atoms in total. The highest BCUT2D eigenvalue weighted by atomic mass is 16.2. The number of hydrogen-bond donors (Lipinski definition) is 0. The fourth-order valence-electron chi connectivity index (χ4n) is 4.08. The van der Waals surface area contributed by atoms with Gasteiger partial charge in [0, 0.05) is 5.56 Å². The van der Waals surface area contributed by atoms with E-state index in [2.05, 4.69) is 31.2 Å². The number of carbonyl (C=O) groups is 1. The van der Waals surface area contributed by atoms with Gasteiger partial charge < -0.3 is 0 Å². The number of rotatable bonds is 18. The van der Waals surface area contributed by atoms with E-state index in [1.54, 1.807) is 0 Å². The zero-order chi connectivity index (χ0) is 21.2. The largest absolute Gasteiger partial charge is 0.313 e. The van der Waals surface area contributed by atoms with E-state index in [9.17, 15) is 4.79 Å². The van der Waals surface area contributed by atoms with Gasteiger partial charge in [-0.15, -0.1) is 0 Å². The molecule has 1 rings (SSSR count). The Morgan fingerprint density at radius 3 is 1.52 bits per heavy atom. The number of unbranched alkanes of at least 4 members (excludes halogenated alkanes) is 14. The monoisotopic (exact) mass is 402 g/mol. The van der Waals surface area contributed by atoms with Crippen LogP contribution >= 0.6 is 0 Å². The summed E-state index contributed by atoms with van der Waals surface area (Å²) in [5.41, 5.74) is 1.24. The van der Waals surface area contributed by atoms with Gasteiger partial charge in [0.05, 0.1) is 20.5 Å². The van der Waals surface area contributed by atoms with Crippen LogP contribution in [0.2, 0.25) is 0 Å². The Labute approximate surface area is 181 Å². The fraction of sp³-hybridized carbons (Fsp3) is 0.741. The highest BCUT2D eigenvalue weighted by Crippen LogP contribution is 2.16. The number of amides is 1. The van der Waals surface area contributed by atoms with Gasteiger partial charge in [-0.2, -0.15) is 0 Å². The predicted octanol–water partition coefficient (Wildman–Crippen LogP) is 8.05. The van der Waals surface area contributed by atoms with Gasteiger partial charge in [-0.25, -0.2) is 4.79 Å². The van der Waals surface area contributed by atoms with Gasteiger partial charge in [0.2, 0.25) is 0 Å². The molecule has 0 saturated carbocycles. The third-order valence-electron chi connectivity index (χ3n) is 6.09. The molecule has 0 unspecified atom stereocenters. The standard InChI is InChI=1S/C27H48NO/c1-4-5-6-7-8-9-10-11-12-13-14-15-16-17-21-24-27(29)28(2,3)25-26-22-19-18-20-23-26/h18-20,22-23H,4-17,21,24-25H2,1-3H3/q+1. The molecule has 1 aromatic rings. The lowest BCUT2D eigenvalue weighted by Gasteiger charge is -2.27. The summed E-state index contributed by atoms with van der Waals surface area (Å²) in [7, 11) is 4.08. The Kier molecular flexibility index (Phi) is 14.8. The summed E-state index contributed by atoms with van der Waals surface area (Å²) < 4.78 is 0.461. The van der Waals surface area contributed by atoms with Crippen molar-refractivity contribution in [1.82, 2.24) is 0 Å². The topological polar surface area (TPSA) is 17.1 Å². The molecular weight excluding hydrogens is 354 g/mol. The van der Waals surface area contributed by atoms with E-state index in [0.29, 0.717) is 10.4 Å². The van der Waals surface area contributed by atoms with Crippen molar-refractivity contribution in [3.8, 4) is 0 Å². The molecule has 0 fully saturated rings. The van der Waals surface area contributed by atoms with Crippen LogP contribution in [0.15, 0.2) is 30.3 Å². The van der Waals surface area contributed by atoms with Gasteiger partial charge >= 0.3 is 5.91 Å². The molecular formula is C27H48NO+. The average molecular weight is 403 g/mol. The summed E-state index contributed by atoms with van der Waals surface area (Å²) >= 11 is 0. The molecule has 0 saturated heterocycles. The third kappa shape index (κ3) is 13.7. The van der Waals surface area contributed by atoms with Crippen LogP contribution in [0.5, 0.6) is 0 Å². The SMILES string of the molecule is CCCCCCCCCCCCCCCCCC(=O)[N+](C)(C)Cc1ccccc1. The van der Waals surface area contributed by atoms with Gasteiger partial charge in [-0.05, 0) is 6.42 Å². The summed E-state index contributed by atoms with van der Waals surface area (Å²) in [6.07, 6.45) is 21.2. The summed E-state index contributed by atoms with van der Waals surface area (Å²) in [6.45, 7) is 3.07. The maximum Gasteiger partial charge on any atom is 0.313 e. The third-order valence-corrected chi connectivity index (χ3v) is 6.09. The summed E-state index contributed by atoms with van der Waals surface area (Å²) in [5.74, 6) is 0.364. The molecule has 1 amide bonds.